The van der Waals surface area contributed by atoms with Gasteiger partial charge in [0.2, 0.25) is 0 Å². The summed E-state index contributed by atoms with van der Waals surface area (Å²) in [6.07, 6.45) is 4.10. The number of rotatable bonds is 2. The van der Waals surface area contributed by atoms with Crippen LogP contribution in [0.15, 0.2) is 18.2 Å². The van der Waals surface area contributed by atoms with Crippen LogP contribution in [0.1, 0.15) is 41.6 Å². The molecule has 7 heteroatoms. The molecular weight excluding hydrogens is 380 g/mol. The summed E-state index contributed by atoms with van der Waals surface area (Å²) in [5, 5.41) is 18.2. The number of amides is 1. The number of carbonyl (C=O) groups excluding carboxylic acids is 1. The monoisotopic (exact) mass is 408 g/mol. The fraction of sp³-hybridized carbons (Fsp3) is 0.619. The number of nitrogens with zero attached hydrogens (tertiary/aromatic N) is 2. The van der Waals surface area contributed by atoms with Gasteiger partial charge >= 0.3 is 0 Å². The van der Waals surface area contributed by atoms with Gasteiger partial charge in [-0.15, -0.1) is 0 Å². The third-order valence-electron chi connectivity index (χ3n) is 6.41. The Labute approximate surface area is 171 Å². The van der Waals surface area contributed by atoms with E-state index in [1.807, 2.05) is 24.0 Å². The van der Waals surface area contributed by atoms with Crippen LogP contribution in [-0.4, -0.2) is 70.7 Å². The summed E-state index contributed by atoms with van der Waals surface area (Å²) >= 11 is 6.08. The van der Waals surface area contributed by atoms with Crippen LogP contribution in [0.2, 0.25) is 5.02 Å². The van der Waals surface area contributed by atoms with Gasteiger partial charge in [0, 0.05) is 29.7 Å². The van der Waals surface area contributed by atoms with Gasteiger partial charge in [-0.3, -0.25) is 14.5 Å². The van der Waals surface area contributed by atoms with E-state index in [0.717, 1.165) is 50.1 Å². The van der Waals surface area contributed by atoms with Crippen molar-refractivity contribution >= 4 is 24.0 Å². The molecule has 1 amide bonds. The number of likely N-dealkylation sites (tertiary alicyclic amines) is 2. The van der Waals surface area contributed by atoms with Crippen LogP contribution in [-0.2, 0) is 4.79 Å². The summed E-state index contributed by atoms with van der Waals surface area (Å²) < 4.78 is 0. The Morgan fingerprint density at radius 2 is 1.79 bits per heavy atom. The molecule has 0 aromatic heterocycles. The SMILES string of the molecule is Cc1cc(C(=O)N2C[C@H]3C[C@@H](N4CCCC4)[C@H](O)C[C@H]3C2)ccc1Cl.O=CO. The average Bonchev–Trinajstić information content (AvgIpc) is 3.32. The van der Waals surface area contributed by atoms with Gasteiger partial charge in [0.25, 0.3) is 12.4 Å². The van der Waals surface area contributed by atoms with Crippen molar-refractivity contribution in [1.82, 2.24) is 9.80 Å². The third-order valence-corrected chi connectivity index (χ3v) is 6.83. The van der Waals surface area contributed by atoms with E-state index in [1.54, 1.807) is 6.07 Å². The molecule has 4 rings (SSSR count). The van der Waals surface area contributed by atoms with Gasteiger partial charge in [0.15, 0.2) is 0 Å². The van der Waals surface area contributed by atoms with Crippen LogP contribution in [0, 0.1) is 18.8 Å². The summed E-state index contributed by atoms with van der Waals surface area (Å²) in [6.45, 7) is 5.51. The highest BCUT2D eigenvalue weighted by molar-refractivity contribution is 6.31. The molecule has 0 unspecified atom stereocenters. The van der Waals surface area contributed by atoms with Crippen molar-refractivity contribution < 1.29 is 19.8 Å². The second kappa shape index (κ2) is 9.25. The van der Waals surface area contributed by atoms with Crippen molar-refractivity contribution in [2.45, 2.75) is 44.8 Å². The van der Waals surface area contributed by atoms with Crippen LogP contribution < -0.4 is 0 Å². The molecule has 2 aliphatic heterocycles. The predicted molar refractivity (Wildman–Crippen MR) is 108 cm³/mol. The number of hydrogen-bond acceptors (Lipinski definition) is 4. The standard InChI is InChI=1S/C20H27ClN2O2.CH2O2/c1-13-8-14(4-5-17(13)21)20(25)23-11-15-9-18(22-6-2-3-7-22)19(24)10-16(15)12-23;2-1-3/h4-5,8,15-16,18-19,24H,2-3,6-7,9-12H2,1H3;1H,(H,2,3)/t15-,16+,18-,19-;/m1./s1. The maximum atomic E-state index is 12.9. The Morgan fingerprint density at radius 3 is 2.39 bits per heavy atom. The van der Waals surface area contributed by atoms with E-state index >= 15 is 0 Å². The Kier molecular flexibility index (Phi) is 6.96. The highest BCUT2D eigenvalue weighted by atomic mass is 35.5. The fourth-order valence-corrected chi connectivity index (χ4v) is 5.12. The van der Waals surface area contributed by atoms with E-state index in [2.05, 4.69) is 4.90 Å². The van der Waals surface area contributed by atoms with Crippen molar-refractivity contribution in [2.75, 3.05) is 26.2 Å². The van der Waals surface area contributed by atoms with Crippen LogP contribution in [0.3, 0.4) is 0 Å². The number of carbonyl (C=O) groups is 2. The molecule has 1 saturated carbocycles. The van der Waals surface area contributed by atoms with Crippen molar-refractivity contribution in [3.8, 4) is 0 Å². The third kappa shape index (κ3) is 4.50. The van der Waals surface area contributed by atoms with Crippen LogP contribution in [0.5, 0.6) is 0 Å². The van der Waals surface area contributed by atoms with Crippen molar-refractivity contribution in [3.05, 3.63) is 34.3 Å². The molecule has 3 aliphatic rings. The smallest absolute Gasteiger partial charge is 0.290 e. The van der Waals surface area contributed by atoms with Gasteiger partial charge in [-0.2, -0.15) is 0 Å². The molecule has 0 spiro atoms. The minimum absolute atomic E-state index is 0.0985. The highest BCUT2D eigenvalue weighted by Gasteiger charge is 2.44. The Bertz CT molecular complexity index is 708. The quantitative estimate of drug-likeness (QED) is 0.735. The molecule has 2 heterocycles. The highest BCUT2D eigenvalue weighted by Crippen LogP contribution is 2.39. The molecule has 28 heavy (non-hydrogen) atoms. The van der Waals surface area contributed by atoms with Crippen LogP contribution in [0.25, 0.3) is 0 Å². The molecule has 1 aliphatic carbocycles. The lowest BCUT2D eigenvalue weighted by Gasteiger charge is -2.40. The molecule has 3 fully saturated rings. The molecule has 4 atom stereocenters. The van der Waals surface area contributed by atoms with E-state index in [4.69, 9.17) is 21.5 Å². The summed E-state index contributed by atoms with van der Waals surface area (Å²) in [5.41, 5.74) is 1.66. The Morgan fingerprint density at radius 1 is 1.18 bits per heavy atom. The minimum Gasteiger partial charge on any atom is -0.483 e. The number of aryl methyl sites for hydroxylation is 1. The molecule has 1 aromatic carbocycles. The first-order valence-corrected chi connectivity index (χ1v) is 10.4. The normalized spacial score (nSPS) is 29.8. The van der Waals surface area contributed by atoms with E-state index in [0.29, 0.717) is 16.9 Å². The van der Waals surface area contributed by atoms with Gasteiger partial charge in [-0.1, -0.05) is 11.6 Å². The average molecular weight is 409 g/mol. The largest absolute Gasteiger partial charge is 0.483 e. The maximum Gasteiger partial charge on any atom is 0.290 e. The number of fused-ring (bicyclic) bond motifs is 1. The zero-order valence-corrected chi connectivity index (χ0v) is 17.0. The second-order valence-electron chi connectivity index (χ2n) is 8.15. The summed E-state index contributed by atoms with van der Waals surface area (Å²) in [6, 6.07) is 5.80. The first kappa shape index (κ1) is 21.1. The molecule has 0 bridgehead atoms. The molecular formula is C21H29ClN2O4. The lowest BCUT2D eigenvalue weighted by Crippen LogP contribution is -2.48. The molecule has 6 nitrogen and oxygen atoms in total. The maximum absolute atomic E-state index is 12.9. The summed E-state index contributed by atoms with van der Waals surface area (Å²) in [7, 11) is 0. The number of aliphatic hydroxyl groups excluding tert-OH is 1. The lowest BCUT2D eigenvalue weighted by molar-refractivity contribution is -0.122. The molecule has 2 N–H and O–H groups in total. The number of benzene rings is 1. The number of carboxylic acid groups (broad SMARTS) is 1. The minimum atomic E-state index is -0.250. The van der Waals surface area contributed by atoms with Crippen molar-refractivity contribution in [3.63, 3.8) is 0 Å². The first-order valence-electron chi connectivity index (χ1n) is 10.00. The van der Waals surface area contributed by atoms with Crippen molar-refractivity contribution in [1.29, 1.82) is 0 Å². The van der Waals surface area contributed by atoms with Gasteiger partial charge in [-0.25, -0.2) is 0 Å². The van der Waals surface area contributed by atoms with E-state index in [9.17, 15) is 9.90 Å². The fourth-order valence-electron chi connectivity index (χ4n) is 5.00. The van der Waals surface area contributed by atoms with Gasteiger partial charge < -0.3 is 15.1 Å². The topological polar surface area (TPSA) is 81.1 Å². The second-order valence-corrected chi connectivity index (χ2v) is 8.56. The number of halogens is 1. The number of hydrogen-bond donors (Lipinski definition) is 2. The zero-order valence-electron chi connectivity index (χ0n) is 16.3. The van der Waals surface area contributed by atoms with E-state index in [-0.39, 0.29) is 24.5 Å². The first-order chi connectivity index (χ1) is 13.4. The Hall–Kier alpha value is -1.63. The Balaban J connectivity index is 0.000000706. The van der Waals surface area contributed by atoms with Crippen LogP contribution >= 0.6 is 11.6 Å². The van der Waals surface area contributed by atoms with E-state index < -0.39 is 0 Å². The number of aliphatic hydroxyl groups is 1. The molecule has 1 aromatic rings. The summed E-state index contributed by atoms with van der Waals surface area (Å²) in [5.74, 6) is 1.05. The van der Waals surface area contributed by atoms with Gasteiger partial charge in [0.1, 0.15) is 0 Å². The lowest BCUT2D eigenvalue weighted by atomic mass is 9.77. The van der Waals surface area contributed by atoms with E-state index in [1.165, 1.54) is 12.8 Å². The molecule has 154 valence electrons. The summed E-state index contributed by atoms with van der Waals surface area (Å²) in [4.78, 5) is 25.7. The van der Waals surface area contributed by atoms with Crippen molar-refractivity contribution in [2.24, 2.45) is 11.8 Å². The predicted octanol–water partition coefficient (Wildman–Crippen LogP) is 2.66. The molecule has 2 saturated heterocycles. The zero-order chi connectivity index (χ0) is 20.3. The van der Waals surface area contributed by atoms with Gasteiger partial charge in [0.05, 0.1) is 6.10 Å². The van der Waals surface area contributed by atoms with Gasteiger partial charge in [-0.05, 0) is 81.3 Å². The van der Waals surface area contributed by atoms with Crippen LogP contribution in [0.4, 0.5) is 0 Å². The molecule has 0 radical (unpaired) electrons.